The lowest BCUT2D eigenvalue weighted by atomic mass is 10.0. The quantitative estimate of drug-likeness (QED) is 0.903. The Morgan fingerprint density at radius 3 is 2.33 bits per heavy atom. The first kappa shape index (κ1) is 13.8. The molecule has 3 nitrogen and oxygen atoms in total. The summed E-state index contributed by atoms with van der Waals surface area (Å²) in [7, 11) is 0. The third-order valence-corrected chi connectivity index (χ3v) is 3.87. The predicted molar refractivity (Wildman–Crippen MR) is 85.2 cm³/mol. The molecule has 0 bridgehead atoms. The first-order valence-corrected chi connectivity index (χ1v) is 7.35. The Bertz CT molecular complexity index is 610. The second kappa shape index (κ2) is 6.10. The van der Waals surface area contributed by atoms with Crippen LogP contribution in [0.5, 0.6) is 0 Å². The van der Waals surface area contributed by atoms with Gasteiger partial charge in [-0.3, -0.25) is 4.99 Å². The lowest BCUT2D eigenvalue weighted by molar-refractivity contribution is 0.185. The molecule has 3 atom stereocenters. The van der Waals surface area contributed by atoms with Crippen LogP contribution in [0.25, 0.3) is 0 Å². The second-order valence-corrected chi connectivity index (χ2v) is 5.49. The van der Waals surface area contributed by atoms with E-state index < -0.39 is 6.10 Å². The summed E-state index contributed by atoms with van der Waals surface area (Å²) < 4.78 is 0. The van der Waals surface area contributed by atoms with Gasteiger partial charge >= 0.3 is 0 Å². The molecule has 108 valence electrons. The van der Waals surface area contributed by atoms with E-state index in [1.54, 1.807) is 0 Å². The molecule has 3 heteroatoms. The fraction of sp³-hybridized carbons (Fsp3) is 0.278. The van der Waals surface area contributed by atoms with E-state index in [0.717, 1.165) is 11.4 Å². The molecule has 0 fully saturated rings. The number of nitrogens with zero attached hydrogens (tertiary/aromatic N) is 1. The minimum atomic E-state index is -0.515. The Labute approximate surface area is 125 Å². The van der Waals surface area contributed by atoms with Gasteiger partial charge in [-0.15, -0.1) is 0 Å². The van der Waals surface area contributed by atoms with Crippen molar-refractivity contribution in [2.45, 2.75) is 31.5 Å². The Morgan fingerprint density at radius 1 is 1.05 bits per heavy atom. The molecule has 2 N–H and O–H groups in total. The molecule has 1 heterocycles. The molecule has 0 radical (unpaired) electrons. The van der Waals surface area contributed by atoms with Gasteiger partial charge in [-0.1, -0.05) is 60.7 Å². The van der Waals surface area contributed by atoms with E-state index in [0.29, 0.717) is 6.42 Å². The van der Waals surface area contributed by atoms with Gasteiger partial charge in [-0.2, -0.15) is 0 Å². The molecule has 2 aromatic rings. The SMILES string of the molecule is C[C@H]1NC(CC(O)c2ccccc2)=N[C@H]1c1ccccc1. The molecule has 2 aromatic carbocycles. The summed E-state index contributed by atoms with van der Waals surface area (Å²) in [5, 5.41) is 13.7. The summed E-state index contributed by atoms with van der Waals surface area (Å²) in [5.74, 6) is 0.882. The number of aliphatic hydroxyl groups excluding tert-OH is 1. The second-order valence-electron chi connectivity index (χ2n) is 5.49. The summed E-state index contributed by atoms with van der Waals surface area (Å²) in [6.07, 6.45) is 0.0108. The summed E-state index contributed by atoms with van der Waals surface area (Å²) >= 11 is 0. The highest BCUT2D eigenvalue weighted by molar-refractivity contribution is 5.85. The molecule has 21 heavy (non-hydrogen) atoms. The fourth-order valence-corrected chi connectivity index (χ4v) is 2.76. The number of aliphatic hydroxyl groups is 1. The van der Waals surface area contributed by atoms with Crippen molar-refractivity contribution in [2.75, 3.05) is 0 Å². The van der Waals surface area contributed by atoms with Crippen LogP contribution in [-0.4, -0.2) is 17.0 Å². The minimum Gasteiger partial charge on any atom is -0.388 e. The smallest absolute Gasteiger partial charge is 0.100 e. The molecule has 0 aliphatic carbocycles. The highest BCUT2D eigenvalue weighted by Crippen LogP contribution is 2.27. The van der Waals surface area contributed by atoms with Crippen LogP contribution < -0.4 is 5.32 Å². The van der Waals surface area contributed by atoms with Crippen LogP contribution in [0.2, 0.25) is 0 Å². The van der Waals surface area contributed by atoms with Gasteiger partial charge in [-0.05, 0) is 18.1 Å². The van der Waals surface area contributed by atoms with Crippen molar-refractivity contribution in [1.82, 2.24) is 5.32 Å². The van der Waals surface area contributed by atoms with E-state index in [-0.39, 0.29) is 12.1 Å². The van der Waals surface area contributed by atoms with Crippen molar-refractivity contribution in [3.8, 4) is 0 Å². The Morgan fingerprint density at radius 2 is 1.67 bits per heavy atom. The number of amidine groups is 1. The third-order valence-electron chi connectivity index (χ3n) is 3.87. The maximum absolute atomic E-state index is 10.3. The summed E-state index contributed by atoms with van der Waals surface area (Å²) in [5.41, 5.74) is 2.14. The maximum Gasteiger partial charge on any atom is 0.100 e. The first-order chi connectivity index (χ1) is 10.2. The number of rotatable bonds is 4. The number of nitrogens with one attached hydrogen (secondary N) is 1. The number of aliphatic imine (C=N–C) groups is 1. The van der Waals surface area contributed by atoms with Crippen molar-refractivity contribution in [2.24, 2.45) is 4.99 Å². The normalized spacial score (nSPS) is 22.5. The van der Waals surface area contributed by atoms with Gasteiger partial charge in [0.05, 0.1) is 18.2 Å². The van der Waals surface area contributed by atoms with E-state index in [1.165, 1.54) is 5.56 Å². The van der Waals surface area contributed by atoms with Gasteiger partial charge in [0.25, 0.3) is 0 Å². The molecule has 0 aromatic heterocycles. The molecular weight excluding hydrogens is 260 g/mol. The number of benzene rings is 2. The predicted octanol–water partition coefficient (Wildman–Crippen LogP) is 3.24. The van der Waals surface area contributed by atoms with Crippen LogP contribution in [0.1, 0.15) is 36.6 Å². The van der Waals surface area contributed by atoms with E-state index in [4.69, 9.17) is 4.99 Å². The van der Waals surface area contributed by atoms with Crippen molar-refractivity contribution in [3.63, 3.8) is 0 Å². The van der Waals surface area contributed by atoms with Crippen LogP contribution in [-0.2, 0) is 0 Å². The number of hydrogen-bond donors (Lipinski definition) is 2. The maximum atomic E-state index is 10.3. The first-order valence-electron chi connectivity index (χ1n) is 7.35. The zero-order valence-corrected chi connectivity index (χ0v) is 12.1. The van der Waals surface area contributed by atoms with Crippen molar-refractivity contribution >= 4 is 5.84 Å². The average Bonchev–Trinajstić information content (AvgIpc) is 2.89. The molecule has 0 spiro atoms. The molecule has 0 amide bonds. The van der Waals surface area contributed by atoms with Crippen molar-refractivity contribution in [1.29, 1.82) is 0 Å². The highest BCUT2D eigenvalue weighted by atomic mass is 16.3. The lowest BCUT2D eigenvalue weighted by Gasteiger charge is -2.14. The van der Waals surface area contributed by atoms with Gasteiger partial charge in [0.15, 0.2) is 0 Å². The van der Waals surface area contributed by atoms with E-state index in [9.17, 15) is 5.11 Å². The average molecular weight is 280 g/mol. The zero-order chi connectivity index (χ0) is 14.7. The van der Waals surface area contributed by atoms with Gasteiger partial charge in [0.1, 0.15) is 5.84 Å². The molecule has 1 unspecified atom stereocenters. The Hall–Kier alpha value is -2.13. The van der Waals surface area contributed by atoms with Gasteiger partial charge in [0, 0.05) is 6.42 Å². The standard InChI is InChI=1S/C18H20N2O/c1-13-18(15-10-6-3-7-11-15)20-17(19-13)12-16(21)14-8-4-2-5-9-14/h2-11,13,16,18,21H,12H2,1H3,(H,19,20)/t13-,16?,18-/m1/s1. The summed E-state index contributed by atoms with van der Waals surface area (Å²) in [4.78, 5) is 4.75. The zero-order valence-electron chi connectivity index (χ0n) is 12.1. The van der Waals surface area contributed by atoms with Crippen LogP contribution >= 0.6 is 0 Å². The molecule has 1 aliphatic rings. The molecule has 0 saturated heterocycles. The molecular formula is C18H20N2O. The fourth-order valence-electron chi connectivity index (χ4n) is 2.76. The van der Waals surface area contributed by atoms with Crippen molar-refractivity contribution in [3.05, 3.63) is 71.8 Å². The lowest BCUT2D eigenvalue weighted by Crippen LogP contribution is -2.29. The van der Waals surface area contributed by atoms with Gasteiger partial charge < -0.3 is 10.4 Å². The molecule has 0 saturated carbocycles. The third kappa shape index (κ3) is 3.14. The van der Waals surface area contributed by atoms with Crippen molar-refractivity contribution < 1.29 is 5.11 Å². The van der Waals surface area contributed by atoms with E-state index in [2.05, 4.69) is 24.4 Å². The van der Waals surface area contributed by atoms with E-state index in [1.807, 2.05) is 48.5 Å². The highest BCUT2D eigenvalue weighted by Gasteiger charge is 2.27. The summed E-state index contributed by atoms with van der Waals surface area (Å²) in [6, 6.07) is 20.4. The van der Waals surface area contributed by atoms with Crippen LogP contribution in [0.4, 0.5) is 0 Å². The van der Waals surface area contributed by atoms with Gasteiger partial charge in [0.2, 0.25) is 0 Å². The van der Waals surface area contributed by atoms with Crippen LogP contribution in [0.15, 0.2) is 65.7 Å². The number of hydrogen-bond acceptors (Lipinski definition) is 3. The van der Waals surface area contributed by atoms with Crippen LogP contribution in [0, 0.1) is 0 Å². The topological polar surface area (TPSA) is 44.6 Å². The minimum absolute atomic E-state index is 0.129. The monoisotopic (exact) mass is 280 g/mol. The largest absolute Gasteiger partial charge is 0.388 e. The Kier molecular flexibility index (Phi) is 4.02. The molecule has 3 rings (SSSR count). The Balaban J connectivity index is 1.72. The molecule has 1 aliphatic heterocycles. The summed E-state index contributed by atoms with van der Waals surface area (Å²) in [6.45, 7) is 2.13. The van der Waals surface area contributed by atoms with E-state index >= 15 is 0 Å². The van der Waals surface area contributed by atoms with Crippen LogP contribution in [0.3, 0.4) is 0 Å². The van der Waals surface area contributed by atoms with Gasteiger partial charge in [-0.25, -0.2) is 0 Å².